The normalized spacial score (nSPS) is 14.6. The van der Waals surface area contributed by atoms with Crippen LogP contribution in [0.2, 0.25) is 0 Å². The predicted molar refractivity (Wildman–Crippen MR) is 39.0 cm³/mol. The number of aliphatic hydroxyl groups is 1. The first kappa shape index (κ1) is 9.61. The van der Waals surface area contributed by atoms with Gasteiger partial charge in [-0.1, -0.05) is 6.58 Å². The lowest BCUT2D eigenvalue weighted by molar-refractivity contribution is 0.206. The lowest BCUT2D eigenvalue weighted by atomic mass is 10.4. The summed E-state index contributed by atoms with van der Waals surface area (Å²) >= 11 is 0. The quantitative estimate of drug-likeness (QED) is 0.552. The number of nitrogens with two attached hydrogens (primary N) is 1. The van der Waals surface area contributed by atoms with Crippen molar-refractivity contribution in [3.8, 4) is 0 Å². The molecule has 0 rings (SSSR count). The summed E-state index contributed by atoms with van der Waals surface area (Å²) in [5, 5.41) is 9.58. The van der Waals surface area contributed by atoms with E-state index >= 15 is 0 Å². The predicted octanol–water partition coefficient (Wildman–Crippen LogP) is -1.14. The second-order valence-corrected chi connectivity index (χ2v) is 3.88. The van der Waals surface area contributed by atoms with Crippen LogP contribution in [-0.2, 0) is 9.84 Å². The third-order valence-corrected chi connectivity index (χ3v) is 2.31. The highest BCUT2D eigenvalue weighted by molar-refractivity contribution is 7.94. The minimum Gasteiger partial charge on any atom is -0.391 e. The molecule has 60 valence electrons. The molecule has 5 heteroatoms. The Morgan fingerprint density at radius 3 is 2.50 bits per heavy atom. The molecule has 0 saturated carbocycles. The van der Waals surface area contributed by atoms with Crippen molar-refractivity contribution in [3.05, 3.63) is 12.0 Å². The van der Waals surface area contributed by atoms with Gasteiger partial charge in [0.15, 0.2) is 9.84 Å². The Kier molecular flexibility index (Phi) is 3.55. The summed E-state index contributed by atoms with van der Waals surface area (Å²) in [6.07, 6.45) is -0.983. The highest BCUT2D eigenvalue weighted by Crippen LogP contribution is 1.93. The first-order chi connectivity index (χ1) is 4.52. The number of hydrogen-bond acceptors (Lipinski definition) is 4. The van der Waals surface area contributed by atoms with E-state index in [-0.39, 0.29) is 12.3 Å². The minimum absolute atomic E-state index is 0.0485. The Labute approximate surface area is 60.3 Å². The van der Waals surface area contributed by atoms with Crippen LogP contribution in [0.3, 0.4) is 0 Å². The van der Waals surface area contributed by atoms with Gasteiger partial charge in [0.05, 0.1) is 11.9 Å². The van der Waals surface area contributed by atoms with Crippen molar-refractivity contribution in [3.63, 3.8) is 0 Å². The van der Waals surface area contributed by atoms with E-state index < -0.39 is 15.9 Å². The molecular weight excluding hydrogens is 154 g/mol. The van der Waals surface area contributed by atoms with Crippen LogP contribution < -0.4 is 5.73 Å². The summed E-state index contributed by atoms with van der Waals surface area (Å²) in [5.41, 5.74) is 4.99. The molecule has 0 aliphatic carbocycles. The number of rotatable bonds is 4. The molecule has 0 aromatic rings. The monoisotopic (exact) mass is 165 g/mol. The SMILES string of the molecule is C=CS(=O)(=O)CC(O)CN. The van der Waals surface area contributed by atoms with Crippen molar-refractivity contribution in [1.29, 1.82) is 0 Å². The average molecular weight is 165 g/mol. The molecule has 0 saturated heterocycles. The molecule has 10 heavy (non-hydrogen) atoms. The second kappa shape index (κ2) is 3.70. The van der Waals surface area contributed by atoms with Crippen LogP contribution in [0.25, 0.3) is 0 Å². The highest BCUT2D eigenvalue weighted by atomic mass is 32.2. The maximum Gasteiger partial charge on any atom is 0.173 e. The average Bonchev–Trinajstić information content (AvgIpc) is 1.87. The van der Waals surface area contributed by atoms with E-state index in [0.29, 0.717) is 0 Å². The standard InChI is InChI=1S/C5H11NO3S/c1-2-10(8,9)4-5(7)3-6/h2,5,7H,1,3-4,6H2. The third-order valence-electron chi connectivity index (χ3n) is 0.951. The van der Waals surface area contributed by atoms with Crippen molar-refractivity contribution in [2.24, 2.45) is 5.73 Å². The Morgan fingerprint density at radius 2 is 2.20 bits per heavy atom. The first-order valence-electron chi connectivity index (χ1n) is 2.75. The topological polar surface area (TPSA) is 80.4 Å². The van der Waals surface area contributed by atoms with E-state index in [1.165, 1.54) is 0 Å². The van der Waals surface area contributed by atoms with E-state index in [1.54, 1.807) is 0 Å². The lowest BCUT2D eigenvalue weighted by Crippen LogP contribution is -2.27. The molecule has 4 nitrogen and oxygen atoms in total. The minimum atomic E-state index is -3.30. The van der Waals surface area contributed by atoms with Gasteiger partial charge in [-0.25, -0.2) is 8.42 Å². The summed E-state index contributed by atoms with van der Waals surface area (Å²) in [7, 11) is -3.30. The molecule has 0 heterocycles. The zero-order valence-electron chi connectivity index (χ0n) is 5.53. The van der Waals surface area contributed by atoms with Crippen LogP contribution in [0, 0.1) is 0 Å². The van der Waals surface area contributed by atoms with Gasteiger partial charge in [-0.15, -0.1) is 0 Å². The molecule has 0 aromatic heterocycles. The molecule has 1 atom stereocenters. The fourth-order valence-electron chi connectivity index (χ4n) is 0.404. The molecule has 0 amide bonds. The van der Waals surface area contributed by atoms with Crippen LogP contribution in [0.5, 0.6) is 0 Å². The molecular formula is C5H11NO3S. The summed E-state index contributed by atoms with van der Waals surface area (Å²) in [6.45, 7) is 3.03. The smallest absolute Gasteiger partial charge is 0.173 e. The van der Waals surface area contributed by atoms with Crippen molar-refractivity contribution < 1.29 is 13.5 Å². The van der Waals surface area contributed by atoms with Gasteiger partial charge in [0.1, 0.15) is 0 Å². The molecule has 0 aliphatic rings. The maximum atomic E-state index is 10.6. The molecule has 0 bridgehead atoms. The van der Waals surface area contributed by atoms with Gasteiger partial charge < -0.3 is 10.8 Å². The molecule has 3 N–H and O–H groups in total. The van der Waals surface area contributed by atoms with Crippen LogP contribution in [0.4, 0.5) is 0 Å². The molecule has 0 fully saturated rings. The van der Waals surface area contributed by atoms with Gasteiger partial charge in [0.25, 0.3) is 0 Å². The van der Waals surface area contributed by atoms with E-state index in [2.05, 4.69) is 6.58 Å². The van der Waals surface area contributed by atoms with Gasteiger partial charge in [0.2, 0.25) is 0 Å². The highest BCUT2D eigenvalue weighted by Gasteiger charge is 2.11. The number of sulfone groups is 1. The second-order valence-electron chi connectivity index (χ2n) is 1.89. The molecule has 0 spiro atoms. The van der Waals surface area contributed by atoms with Gasteiger partial charge in [-0.2, -0.15) is 0 Å². The summed E-state index contributed by atoms with van der Waals surface area (Å²) in [4.78, 5) is 0. The summed E-state index contributed by atoms with van der Waals surface area (Å²) in [6, 6.07) is 0. The van der Waals surface area contributed by atoms with E-state index in [9.17, 15) is 8.42 Å². The van der Waals surface area contributed by atoms with Gasteiger partial charge in [-0.05, 0) is 0 Å². The third kappa shape index (κ3) is 3.60. The summed E-state index contributed by atoms with van der Waals surface area (Å²) in [5.74, 6) is -0.340. The van der Waals surface area contributed by atoms with Crippen molar-refractivity contribution in [2.45, 2.75) is 6.10 Å². The zero-order valence-corrected chi connectivity index (χ0v) is 6.34. The lowest BCUT2D eigenvalue weighted by Gasteiger charge is -2.03. The number of aliphatic hydroxyl groups excluding tert-OH is 1. The summed E-state index contributed by atoms with van der Waals surface area (Å²) < 4.78 is 21.3. The molecule has 0 aromatic carbocycles. The van der Waals surface area contributed by atoms with Crippen LogP contribution >= 0.6 is 0 Å². The van der Waals surface area contributed by atoms with Crippen LogP contribution in [0.1, 0.15) is 0 Å². The Morgan fingerprint density at radius 1 is 1.70 bits per heavy atom. The van der Waals surface area contributed by atoms with Crippen molar-refractivity contribution in [2.75, 3.05) is 12.3 Å². The van der Waals surface area contributed by atoms with Crippen LogP contribution in [0.15, 0.2) is 12.0 Å². The molecule has 1 unspecified atom stereocenters. The van der Waals surface area contributed by atoms with Gasteiger partial charge in [-0.3, -0.25) is 0 Å². The number of hydrogen-bond donors (Lipinski definition) is 2. The molecule has 0 radical (unpaired) electrons. The zero-order chi connectivity index (χ0) is 8.20. The van der Waals surface area contributed by atoms with Crippen LogP contribution in [-0.4, -0.2) is 31.9 Å². The first-order valence-corrected chi connectivity index (χ1v) is 4.46. The van der Waals surface area contributed by atoms with Crippen molar-refractivity contribution >= 4 is 9.84 Å². The van der Waals surface area contributed by atoms with Gasteiger partial charge in [0, 0.05) is 12.0 Å². The fraction of sp³-hybridized carbons (Fsp3) is 0.600. The van der Waals surface area contributed by atoms with Gasteiger partial charge >= 0.3 is 0 Å². The van der Waals surface area contributed by atoms with Crippen molar-refractivity contribution in [1.82, 2.24) is 0 Å². The largest absolute Gasteiger partial charge is 0.391 e. The van der Waals surface area contributed by atoms with E-state index in [0.717, 1.165) is 5.41 Å². The van der Waals surface area contributed by atoms with E-state index in [1.807, 2.05) is 0 Å². The Hall–Kier alpha value is -0.390. The Balaban J connectivity index is 4.02. The maximum absolute atomic E-state index is 10.6. The Bertz CT molecular complexity index is 197. The molecule has 0 aliphatic heterocycles. The van der Waals surface area contributed by atoms with E-state index in [4.69, 9.17) is 10.8 Å². The fourth-order valence-corrected chi connectivity index (χ4v) is 1.21.